The molecule has 0 aromatic carbocycles. The average Bonchev–Trinajstić information content (AvgIpc) is 2.72. The molecule has 2 rings (SSSR count). The first-order chi connectivity index (χ1) is 6.37. The zero-order valence-corrected chi connectivity index (χ0v) is 8.18. The molecule has 1 aromatic heterocycles. The van der Waals surface area contributed by atoms with Crippen LogP contribution in [0.3, 0.4) is 0 Å². The zero-order chi connectivity index (χ0) is 9.15. The molecule has 1 fully saturated rings. The maximum atomic E-state index is 5.50. The Balaban J connectivity index is 2.23. The molecule has 72 valence electrons. The molecule has 1 N–H and O–H groups in total. The van der Waals surface area contributed by atoms with Gasteiger partial charge in [0.15, 0.2) is 0 Å². The van der Waals surface area contributed by atoms with Crippen LogP contribution in [-0.4, -0.2) is 6.54 Å². The summed E-state index contributed by atoms with van der Waals surface area (Å²) in [5.74, 6) is 1.11. The third-order valence-electron chi connectivity index (χ3n) is 3.09. The summed E-state index contributed by atoms with van der Waals surface area (Å²) in [6.45, 7) is 3.34. The van der Waals surface area contributed by atoms with Gasteiger partial charge in [0, 0.05) is 0 Å². The maximum absolute atomic E-state index is 5.50. The van der Waals surface area contributed by atoms with Gasteiger partial charge in [-0.2, -0.15) is 0 Å². The molecule has 0 bridgehead atoms. The molecule has 0 spiro atoms. The molecule has 0 aliphatic carbocycles. The molecule has 1 saturated heterocycles. The van der Waals surface area contributed by atoms with Crippen LogP contribution >= 0.6 is 0 Å². The summed E-state index contributed by atoms with van der Waals surface area (Å²) in [6, 6.07) is 4.06. The lowest BCUT2D eigenvalue weighted by Crippen LogP contribution is -2.45. The molecule has 13 heavy (non-hydrogen) atoms. The van der Waals surface area contributed by atoms with E-state index in [4.69, 9.17) is 4.42 Å². The van der Waals surface area contributed by atoms with Crippen molar-refractivity contribution in [2.75, 3.05) is 6.54 Å². The number of hydrogen-bond donors (Lipinski definition) is 1. The van der Waals surface area contributed by atoms with Gasteiger partial charge in [-0.1, -0.05) is 6.92 Å². The third-order valence-corrected chi connectivity index (χ3v) is 3.09. The highest BCUT2D eigenvalue weighted by Crippen LogP contribution is 2.33. The Labute approximate surface area is 79.3 Å². The van der Waals surface area contributed by atoms with Crippen molar-refractivity contribution < 1.29 is 4.42 Å². The standard InChI is InChI=1S/C11H17NO/c1-2-11(7-3-4-8-12-11)10-6-5-9-13-10/h5-6,9,12H,2-4,7-8H2,1H3. The van der Waals surface area contributed by atoms with Crippen LogP contribution in [-0.2, 0) is 5.54 Å². The molecule has 0 saturated carbocycles. The van der Waals surface area contributed by atoms with E-state index in [2.05, 4.69) is 18.3 Å². The first-order valence-electron chi connectivity index (χ1n) is 5.16. The van der Waals surface area contributed by atoms with Crippen molar-refractivity contribution >= 4 is 0 Å². The Morgan fingerprint density at radius 1 is 1.54 bits per heavy atom. The summed E-state index contributed by atoms with van der Waals surface area (Å²) in [5, 5.41) is 3.59. The lowest BCUT2D eigenvalue weighted by Gasteiger charge is -2.35. The van der Waals surface area contributed by atoms with Crippen LogP contribution in [0.1, 0.15) is 38.4 Å². The van der Waals surface area contributed by atoms with E-state index in [9.17, 15) is 0 Å². The fourth-order valence-electron chi connectivity index (χ4n) is 2.21. The number of nitrogens with one attached hydrogen (secondary N) is 1. The predicted molar refractivity (Wildman–Crippen MR) is 52.5 cm³/mol. The highest BCUT2D eigenvalue weighted by molar-refractivity contribution is 5.13. The monoisotopic (exact) mass is 179 g/mol. The lowest BCUT2D eigenvalue weighted by atomic mass is 9.84. The summed E-state index contributed by atoms with van der Waals surface area (Å²) < 4.78 is 5.50. The molecule has 1 aliphatic heterocycles. The second-order valence-electron chi connectivity index (χ2n) is 3.80. The van der Waals surface area contributed by atoms with Crippen molar-refractivity contribution in [1.82, 2.24) is 5.32 Å². The van der Waals surface area contributed by atoms with Crippen molar-refractivity contribution in [1.29, 1.82) is 0 Å². The van der Waals surface area contributed by atoms with Crippen LogP contribution in [0.2, 0.25) is 0 Å². The maximum Gasteiger partial charge on any atom is 0.123 e. The summed E-state index contributed by atoms with van der Waals surface area (Å²) >= 11 is 0. The summed E-state index contributed by atoms with van der Waals surface area (Å²) in [4.78, 5) is 0. The van der Waals surface area contributed by atoms with Crippen LogP contribution in [0, 0.1) is 0 Å². The predicted octanol–water partition coefficient (Wildman–Crippen LogP) is 2.66. The zero-order valence-electron chi connectivity index (χ0n) is 8.18. The van der Waals surface area contributed by atoms with Gasteiger partial charge in [-0.15, -0.1) is 0 Å². The minimum atomic E-state index is 0.127. The van der Waals surface area contributed by atoms with Crippen molar-refractivity contribution in [2.24, 2.45) is 0 Å². The second kappa shape index (κ2) is 3.54. The first kappa shape index (κ1) is 8.82. The van der Waals surface area contributed by atoms with Gasteiger partial charge in [0.1, 0.15) is 5.76 Å². The van der Waals surface area contributed by atoms with Crippen LogP contribution in [0.4, 0.5) is 0 Å². The first-order valence-corrected chi connectivity index (χ1v) is 5.16. The van der Waals surface area contributed by atoms with Gasteiger partial charge >= 0.3 is 0 Å². The average molecular weight is 179 g/mol. The van der Waals surface area contributed by atoms with E-state index >= 15 is 0 Å². The number of rotatable bonds is 2. The number of hydrogen-bond acceptors (Lipinski definition) is 2. The topological polar surface area (TPSA) is 25.2 Å². The number of furan rings is 1. The molecule has 2 heterocycles. The molecule has 1 atom stereocenters. The Hall–Kier alpha value is -0.760. The molecule has 2 heteroatoms. The number of piperidine rings is 1. The summed E-state index contributed by atoms with van der Waals surface area (Å²) in [5.41, 5.74) is 0.127. The van der Waals surface area contributed by atoms with E-state index in [0.29, 0.717) is 0 Å². The summed E-state index contributed by atoms with van der Waals surface area (Å²) in [7, 11) is 0. The summed E-state index contributed by atoms with van der Waals surface area (Å²) in [6.07, 6.45) is 6.69. The molecule has 0 radical (unpaired) electrons. The van der Waals surface area contributed by atoms with E-state index in [1.807, 2.05) is 6.07 Å². The lowest BCUT2D eigenvalue weighted by molar-refractivity contribution is 0.206. The van der Waals surface area contributed by atoms with Gasteiger partial charge < -0.3 is 9.73 Å². The molecule has 1 unspecified atom stereocenters. The highest BCUT2D eigenvalue weighted by atomic mass is 16.3. The van der Waals surface area contributed by atoms with Gasteiger partial charge in [0.25, 0.3) is 0 Å². The molecular weight excluding hydrogens is 162 g/mol. The largest absolute Gasteiger partial charge is 0.467 e. The van der Waals surface area contributed by atoms with E-state index in [1.54, 1.807) is 6.26 Å². The van der Waals surface area contributed by atoms with Gasteiger partial charge in [0.2, 0.25) is 0 Å². The van der Waals surface area contributed by atoms with Gasteiger partial charge in [-0.05, 0) is 44.4 Å². The van der Waals surface area contributed by atoms with Crippen molar-refractivity contribution in [3.63, 3.8) is 0 Å². The van der Waals surface area contributed by atoms with Gasteiger partial charge in [-0.25, -0.2) is 0 Å². The van der Waals surface area contributed by atoms with E-state index in [0.717, 1.165) is 18.7 Å². The van der Waals surface area contributed by atoms with Gasteiger partial charge in [0.05, 0.1) is 11.8 Å². The Morgan fingerprint density at radius 2 is 2.46 bits per heavy atom. The quantitative estimate of drug-likeness (QED) is 0.755. The SMILES string of the molecule is CCC1(c2ccco2)CCCCN1. The van der Waals surface area contributed by atoms with Crippen LogP contribution in [0.5, 0.6) is 0 Å². The van der Waals surface area contributed by atoms with Crippen LogP contribution in [0.15, 0.2) is 22.8 Å². The minimum Gasteiger partial charge on any atom is -0.467 e. The second-order valence-corrected chi connectivity index (χ2v) is 3.80. The smallest absolute Gasteiger partial charge is 0.123 e. The Bertz CT molecular complexity index is 247. The fraction of sp³-hybridized carbons (Fsp3) is 0.636. The van der Waals surface area contributed by atoms with E-state index < -0.39 is 0 Å². The Kier molecular flexibility index (Phi) is 2.40. The minimum absolute atomic E-state index is 0.127. The molecular formula is C11H17NO. The van der Waals surface area contributed by atoms with Crippen LogP contribution < -0.4 is 5.32 Å². The van der Waals surface area contributed by atoms with Gasteiger partial charge in [-0.3, -0.25) is 0 Å². The van der Waals surface area contributed by atoms with E-state index in [1.165, 1.54) is 19.3 Å². The van der Waals surface area contributed by atoms with E-state index in [-0.39, 0.29) is 5.54 Å². The van der Waals surface area contributed by atoms with Crippen molar-refractivity contribution in [2.45, 2.75) is 38.1 Å². The van der Waals surface area contributed by atoms with Crippen molar-refractivity contribution in [3.8, 4) is 0 Å². The molecule has 1 aromatic rings. The Morgan fingerprint density at radius 3 is 3.00 bits per heavy atom. The molecule has 0 amide bonds. The normalized spacial score (nSPS) is 29.0. The molecule has 1 aliphatic rings. The highest BCUT2D eigenvalue weighted by Gasteiger charge is 2.33. The molecule has 2 nitrogen and oxygen atoms in total. The van der Waals surface area contributed by atoms with Crippen LogP contribution in [0.25, 0.3) is 0 Å². The van der Waals surface area contributed by atoms with Crippen molar-refractivity contribution in [3.05, 3.63) is 24.2 Å². The third kappa shape index (κ3) is 1.51. The fourth-order valence-corrected chi connectivity index (χ4v) is 2.21.